The van der Waals surface area contributed by atoms with Crippen LogP contribution in [-0.4, -0.2) is 9.97 Å². The van der Waals surface area contributed by atoms with Gasteiger partial charge in [0, 0.05) is 5.69 Å². The molecule has 0 aliphatic heterocycles. The molecule has 5 nitrogen and oxygen atoms in total. The van der Waals surface area contributed by atoms with Crippen molar-refractivity contribution in [1.29, 1.82) is 0 Å². The summed E-state index contributed by atoms with van der Waals surface area (Å²) in [5, 5.41) is 3.19. The van der Waals surface area contributed by atoms with Crippen LogP contribution in [0.2, 0.25) is 0 Å². The third-order valence-corrected chi connectivity index (χ3v) is 3.05. The lowest BCUT2D eigenvalue weighted by Gasteiger charge is -2.08. The zero-order chi connectivity index (χ0) is 14.5. The first-order valence-electron chi connectivity index (χ1n) is 6.56. The second-order valence-electron chi connectivity index (χ2n) is 4.50. The van der Waals surface area contributed by atoms with Crippen molar-refractivity contribution in [2.45, 2.75) is 0 Å². The summed E-state index contributed by atoms with van der Waals surface area (Å²) in [5.41, 5.74) is 5.78. The van der Waals surface area contributed by atoms with Crippen LogP contribution in [0, 0.1) is 0 Å². The molecule has 21 heavy (non-hydrogen) atoms. The van der Waals surface area contributed by atoms with Crippen molar-refractivity contribution in [2.24, 2.45) is 5.84 Å². The Morgan fingerprint density at radius 3 is 2.14 bits per heavy atom. The van der Waals surface area contributed by atoms with Crippen molar-refractivity contribution < 1.29 is 0 Å². The molecule has 5 heteroatoms. The summed E-state index contributed by atoms with van der Waals surface area (Å²) >= 11 is 0. The Kier molecular flexibility index (Phi) is 3.75. The standard InChI is InChI=1S/C16H15N5/c17-21-16-11-18-10-15(20-16)19-14-8-6-13(7-9-14)12-4-2-1-3-5-12/h1-11H,17H2,(H2,19,20,21). The first-order valence-corrected chi connectivity index (χ1v) is 6.56. The number of nitrogen functional groups attached to an aromatic ring is 1. The van der Waals surface area contributed by atoms with E-state index >= 15 is 0 Å². The van der Waals surface area contributed by atoms with E-state index in [2.05, 4.69) is 45.0 Å². The van der Waals surface area contributed by atoms with Gasteiger partial charge in [-0.15, -0.1) is 0 Å². The van der Waals surface area contributed by atoms with Gasteiger partial charge in [-0.2, -0.15) is 0 Å². The van der Waals surface area contributed by atoms with Crippen LogP contribution in [0.15, 0.2) is 67.0 Å². The Labute approximate surface area is 122 Å². The molecule has 0 spiro atoms. The maximum atomic E-state index is 5.32. The van der Waals surface area contributed by atoms with Gasteiger partial charge in [-0.1, -0.05) is 42.5 Å². The minimum Gasteiger partial charge on any atom is -0.339 e. The Morgan fingerprint density at radius 2 is 1.43 bits per heavy atom. The van der Waals surface area contributed by atoms with Crippen LogP contribution in [0.4, 0.5) is 17.3 Å². The Hall–Kier alpha value is -2.92. The minimum atomic E-state index is 0.515. The number of anilines is 3. The van der Waals surface area contributed by atoms with Gasteiger partial charge in [0.05, 0.1) is 12.4 Å². The predicted molar refractivity (Wildman–Crippen MR) is 85.0 cm³/mol. The molecule has 0 saturated heterocycles. The van der Waals surface area contributed by atoms with Crippen molar-refractivity contribution >= 4 is 17.3 Å². The molecule has 0 bridgehead atoms. The fourth-order valence-corrected chi connectivity index (χ4v) is 2.02. The van der Waals surface area contributed by atoms with Crippen LogP contribution >= 0.6 is 0 Å². The van der Waals surface area contributed by atoms with Gasteiger partial charge in [0.25, 0.3) is 0 Å². The van der Waals surface area contributed by atoms with Crippen LogP contribution in [0.1, 0.15) is 0 Å². The van der Waals surface area contributed by atoms with Gasteiger partial charge in [-0.05, 0) is 23.3 Å². The maximum absolute atomic E-state index is 5.32. The van der Waals surface area contributed by atoms with E-state index in [1.807, 2.05) is 30.3 Å². The summed E-state index contributed by atoms with van der Waals surface area (Å²) in [7, 11) is 0. The van der Waals surface area contributed by atoms with E-state index in [-0.39, 0.29) is 0 Å². The van der Waals surface area contributed by atoms with Crippen molar-refractivity contribution in [1.82, 2.24) is 9.97 Å². The summed E-state index contributed by atoms with van der Waals surface area (Å²) < 4.78 is 0. The fourth-order valence-electron chi connectivity index (χ4n) is 2.02. The molecule has 0 fully saturated rings. The molecular formula is C16H15N5. The lowest BCUT2D eigenvalue weighted by atomic mass is 10.1. The second-order valence-corrected chi connectivity index (χ2v) is 4.50. The number of hydrogen-bond acceptors (Lipinski definition) is 5. The smallest absolute Gasteiger partial charge is 0.160 e. The van der Waals surface area contributed by atoms with Crippen molar-refractivity contribution in [2.75, 3.05) is 10.7 Å². The highest BCUT2D eigenvalue weighted by atomic mass is 15.3. The maximum Gasteiger partial charge on any atom is 0.160 e. The number of benzene rings is 2. The van der Waals surface area contributed by atoms with Gasteiger partial charge < -0.3 is 10.7 Å². The first kappa shape index (κ1) is 13.1. The Balaban J connectivity index is 1.78. The van der Waals surface area contributed by atoms with E-state index in [9.17, 15) is 0 Å². The summed E-state index contributed by atoms with van der Waals surface area (Å²) in [5.74, 6) is 6.47. The molecule has 0 aliphatic rings. The monoisotopic (exact) mass is 277 g/mol. The average molecular weight is 277 g/mol. The Morgan fingerprint density at radius 1 is 0.762 bits per heavy atom. The van der Waals surface area contributed by atoms with Gasteiger partial charge >= 0.3 is 0 Å². The average Bonchev–Trinajstić information content (AvgIpc) is 2.56. The zero-order valence-corrected chi connectivity index (χ0v) is 11.3. The number of nitrogens with one attached hydrogen (secondary N) is 2. The molecule has 104 valence electrons. The van der Waals surface area contributed by atoms with E-state index in [0.29, 0.717) is 11.6 Å². The highest BCUT2D eigenvalue weighted by molar-refractivity contribution is 5.67. The molecular weight excluding hydrogens is 262 g/mol. The fraction of sp³-hybridized carbons (Fsp3) is 0. The zero-order valence-electron chi connectivity index (χ0n) is 11.3. The molecule has 0 saturated carbocycles. The lowest BCUT2D eigenvalue weighted by Crippen LogP contribution is -2.09. The normalized spacial score (nSPS) is 10.1. The van der Waals surface area contributed by atoms with Crippen molar-refractivity contribution in [3.05, 3.63) is 67.0 Å². The van der Waals surface area contributed by atoms with E-state index in [0.717, 1.165) is 5.69 Å². The van der Waals surface area contributed by atoms with Gasteiger partial charge in [0.2, 0.25) is 0 Å². The summed E-state index contributed by atoms with van der Waals surface area (Å²) in [4.78, 5) is 8.31. The molecule has 0 atom stereocenters. The molecule has 1 heterocycles. The number of aromatic nitrogens is 2. The van der Waals surface area contributed by atoms with Crippen LogP contribution < -0.4 is 16.6 Å². The van der Waals surface area contributed by atoms with Gasteiger partial charge in [0.1, 0.15) is 0 Å². The molecule has 2 aromatic carbocycles. The second kappa shape index (κ2) is 6.02. The van der Waals surface area contributed by atoms with Crippen molar-refractivity contribution in [3.8, 4) is 11.1 Å². The van der Waals surface area contributed by atoms with Crippen LogP contribution in [0.5, 0.6) is 0 Å². The lowest BCUT2D eigenvalue weighted by molar-refractivity contribution is 1.16. The van der Waals surface area contributed by atoms with Crippen LogP contribution in [0.25, 0.3) is 11.1 Å². The van der Waals surface area contributed by atoms with E-state index in [1.54, 1.807) is 12.4 Å². The molecule has 3 rings (SSSR count). The largest absolute Gasteiger partial charge is 0.339 e. The quantitative estimate of drug-likeness (QED) is 0.504. The SMILES string of the molecule is NNc1cncc(Nc2ccc(-c3ccccc3)cc2)n1. The predicted octanol–water partition coefficient (Wildman–Crippen LogP) is 3.17. The third-order valence-electron chi connectivity index (χ3n) is 3.05. The van der Waals surface area contributed by atoms with Crippen LogP contribution in [-0.2, 0) is 0 Å². The number of hydrazine groups is 1. The summed E-state index contributed by atoms with van der Waals surface area (Å²) in [6, 6.07) is 18.4. The third kappa shape index (κ3) is 3.16. The molecule has 4 N–H and O–H groups in total. The summed E-state index contributed by atoms with van der Waals surface area (Å²) in [6.07, 6.45) is 3.20. The van der Waals surface area contributed by atoms with Crippen LogP contribution in [0.3, 0.4) is 0 Å². The van der Waals surface area contributed by atoms with Gasteiger partial charge in [-0.25, -0.2) is 10.8 Å². The highest BCUT2D eigenvalue weighted by Crippen LogP contribution is 2.22. The molecule has 0 unspecified atom stereocenters. The van der Waals surface area contributed by atoms with E-state index in [1.165, 1.54) is 11.1 Å². The van der Waals surface area contributed by atoms with Gasteiger partial charge in [0.15, 0.2) is 11.6 Å². The number of hydrogen-bond donors (Lipinski definition) is 3. The van der Waals surface area contributed by atoms with Gasteiger partial charge in [-0.3, -0.25) is 4.98 Å². The van der Waals surface area contributed by atoms with E-state index in [4.69, 9.17) is 5.84 Å². The molecule has 0 amide bonds. The van der Waals surface area contributed by atoms with Crippen molar-refractivity contribution in [3.63, 3.8) is 0 Å². The number of nitrogens with two attached hydrogens (primary N) is 1. The molecule has 3 aromatic rings. The number of nitrogens with zero attached hydrogens (tertiary/aromatic N) is 2. The molecule has 0 aliphatic carbocycles. The topological polar surface area (TPSA) is 75.9 Å². The highest BCUT2D eigenvalue weighted by Gasteiger charge is 2.00. The first-order chi connectivity index (χ1) is 10.3. The summed E-state index contributed by atoms with van der Waals surface area (Å²) in [6.45, 7) is 0. The minimum absolute atomic E-state index is 0.515. The number of rotatable bonds is 4. The van der Waals surface area contributed by atoms with E-state index < -0.39 is 0 Å². The Bertz CT molecular complexity index is 710. The molecule has 0 radical (unpaired) electrons. The molecule has 1 aromatic heterocycles.